The number of nitrogen functional groups attached to an aromatic ring is 1. The molecule has 0 saturated carbocycles. The molecule has 0 bridgehead atoms. The van der Waals surface area contributed by atoms with Gasteiger partial charge in [0.25, 0.3) is 0 Å². The van der Waals surface area contributed by atoms with Gasteiger partial charge in [0.1, 0.15) is 19.0 Å². The number of nitrogens with zero attached hydrogens (tertiary/aromatic N) is 1. The van der Waals surface area contributed by atoms with Crippen molar-refractivity contribution in [3.05, 3.63) is 71.6 Å². The number of ether oxygens (including phenoxy) is 2. The molecule has 2 aromatic rings. The van der Waals surface area contributed by atoms with Crippen LogP contribution in [0.2, 0.25) is 0 Å². The van der Waals surface area contributed by atoms with E-state index < -0.39 is 17.9 Å². The number of carbonyl (C=O) groups is 3. The highest BCUT2D eigenvalue weighted by Crippen LogP contribution is 2.19. The van der Waals surface area contributed by atoms with Crippen LogP contribution in [0.25, 0.3) is 5.57 Å². The topological polar surface area (TPSA) is 98.9 Å². The number of benzene rings is 2. The lowest BCUT2D eigenvalue weighted by molar-refractivity contribution is -0.127. The molecule has 7 nitrogen and oxygen atoms in total. The molecule has 1 heterocycles. The monoisotopic (exact) mass is 412 g/mol. The number of imide groups is 1. The number of cyclic esters (lactones) is 1. The molecule has 0 atom stereocenters. The second-order valence-electron chi connectivity index (χ2n) is 6.64. The van der Waals surface area contributed by atoms with Crippen molar-refractivity contribution in [1.29, 1.82) is 0 Å². The Labute approximate surface area is 172 Å². The van der Waals surface area contributed by atoms with E-state index in [1.807, 2.05) is 0 Å². The highest BCUT2D eigenvalue weighted by Gasteiger charge is 2.27. The molecule has 1 aliphatic heterocycles. The van der Waals surface area contributed by atoms with Crippen LogP contribution in [0, 0.1) is 5.82 Å². The first kappa shape index (κ1) is 21.0. The van der Waals surface area contributed by atoms with E-state index in [-0.39, 0.29) is 32.1 Å². The van der Waals surface area contributed by atoms with Gasteiger partial charge in [-0.15, -0.1) is 0 Å². The van der Waals surface area contributed by atoms with E-state index in [0.29, 0.717) is 28.8 Å². The van der Waals surface area contributed by atoms with E-state index >= 15 is 0 Å². The zero-order valence-electron chi connectivity index (χ0n) is 16.2. The minimum Gasteiger partial charge on any atom is -0.457 e. The molecular weight excluding hydrogens is 391 g/mol. The summed E-state index contributed by atoms with van der Waals surface area (Å²) in [5.74, 6) is -1.28. The van der Waals surface area contributed by atoms with Crippen molar-refractivity contribution in [3.63, 3.8) is 0 Å². The number of rotatable bonds is 7. The molecule has 0 spiro atoms. The fourth-order valence-electron chi connectivity index (χ4n) is 2.94. The van der Waals surface area contributed by atoms with Gasteiger partial charge in [0.15, 0.2) is 0 Å². The van der Waals surface area contributed by atoms with Crippen LogP contribution in [0.1, 0.15) is 28.8 Å². The van der Waals surface area contributed by atoms with E-state index in [1.165, 1.54) is 18.2 Å². The number of hydrogen-bond donors (Lipinski definition) is 1. The van der Waals surface area contributed by atoms with E-state index in [4.69, 9.17) is 15.2 Å². The Balaban J connectivity index is 1.67. The minimum atomic E-state index is -0.640. The van der Waals surface area contributed by atoms with Crippen molar-refractivity contribution in [3.8, 4) is 0 Å². The Kier molecular flexibility index (Phi) is 6.79. The van der Waals surface area contributed by atoms with Crippen LogP contribution in [0.3, 0.4) is 0 Å². The number of nitrogens with two attached hydrogens (primary N) is 1. The molecule has 3 rings (SSSR count). The summed E-state index contributed by atoms with van der Waals surface area (Å²) < 4.78 is 23.4. The third-order valence-electron chi connectivity index (χ3n) is 4.51. The summed E-state index contributed by atoms with van der Waals surface area (Å²) in [7, 11) is 0. The summed E-state index contributed by atoms with van der Waals surface area (Å²) >= 11 is 0. The van der Waals surface area contributed by atoms with Crippen LogP contribution in [0.4, 0.5) is 14.9 Å². The minimum absolute atomic E-state index is 0.0702. The van der Waals surface area contributed by atoms with Crippen LogP contribution < -0.4 is 5.73 Å². The smallest absolute Gasteiger partial charge is 0.416 e. The van der Waals surface area contributed by atoms with Crippen molar-refractivity contribution in [2.45, 2.75) is 12.8 Å². The third kappa shape index (κ3) is 5.44. The fraction of sp³-hybridized carbons (Fsp3) is 0.227. The molecule has 1 fully saturated rings. The quantitative estimate of drug-likeness (QED) is 0.553. The van der Waals surface area contributed by atoms with Gasteiger partial charge in [-0.2, -0.15) is 0 Å². The molecule has 30 heavy (non-hydrogen) atoms. The summed E-state index contributed by atoms with van der Waals surface area (Å²) in [5.41, 5.74) is 7.72. The summed E-state index contributed by atoms with van der Waals surface area (Å²) in [6.45, 7) is 0.366. The number of halogens is 1. The second-order valence-corrected chi connectivity index (χ2v) is 6.64. The van der Waals surface area contributed by atoms with E-state index in [0.717, 1.165) is 4.90 Å². The summed E-state index contributed by atoms with van der Waals surface area (Å²) in [6.07, 6.45) is 1.49. The van der Waals surface area contributed by atoms with Gasteiger partial charge in [0.2, 0.25) is 5.91 Å². The SMILES string of the molecule is Nc1cccc(C(=O)OC/C(=C\CCC(=O)N2CCOC2=O)c2ccc(F)cc2)c1. The molecule has 2 aromatic carbocycles. The molecule has 2 N–H and O–H groups in total. The van der Waals surface area contributed by atoms with Crippen LogP contribution in [-0.2, 0) is 14.3 Å². The highest BCUT2D eigenvalue weighted by molar-refractivity contribution is 5.93. The van der Waals surface area contributed by atoms with Crippen molar-refractivity contribution in [2.24, 2.45) is 0 Å². The molecule has 2 amide bonds. The third-order valence-corrected chi connectivity index (χ3v) is 4.51. The van der Waals surface area contributed by atoms with Gasteiger partial charge in [0.05, 0.1) is 12.1 Å². The van der Waals surface area contributed by atoms with Crippen molar-refractivity contribution in [2.75, 3.05) is 25.5 Å². The molecule has 1 saturated heterocycles. The normalized spacial score (nSPS) is 13.8. The Morgan fingerprint density at radius 1 is 1.17 bits per heavy atom. The van der Waals surface area contributed by atoms with Crippen molar-refractivity contribution < 1.29 is 28.2 Å². The average molecular weight is 412 g/mol. The summed E-state index contributed by atoms with van der Waals surface area (Å²) in [4.78, 5) is 37.0. The van der Waals surface area contributed by atoms with Gasteiger partial charge in [-0.05, 0) is 47.9 Å². The molecule has 0 unspecified atom stereocenters. The molecule has 0 aromatic heterocycles. The van der Waals surface area contributed by atoms with Gasteiger partial charge in [-0.3, -0.25) is 4.79 Å². The van der Waals surface area contributed by atoms with Gasteiger partial charge in [-0.25, -0.2) is 18.9 Å². The van der Waals surface area contributed by atoms with E-state index in [1.54, 1.807) is 36.4 Å². The Bertz CT molecular complexity index is 972. The lowest BCUT2D eigenvalue weighted by Crippen LogP contribution is -2.31. The molecule has 1 aliphatic rings. The molecule has 0 radical (unpaired) electrons. The maximum Gasteiger partial charge on any atom is 0.416 e. The van der Waals surface area contributed by atoms with Gasteiger partial charge in [-0.1, -0.05) is 24.3 Å². The number of hydrogen-bond acceptors (Lipinski definition) is 6. The average Bonchev–Trinajstić information content (AvgIpc) is 3.17. The first-order valence-electron chi connectivity index (χ1n) is 9.39. The predicted molar refractivity (Wildman–Crippen MR) is 108 cm³/mol. The maximum absolute atomic E-state index is 13.3. The molecule has 8 heteroatoms. The number of esters is 1. The lowest BCUT2D eigenvalue weighted by atomic mass is 10.0. The van der Waals surface area contributed by atoms with Crippen LogP contribution in [0.5, 0.6) is 0 Å². The van der Waals surface area contributed by atoms with Gasteiger partial charge in [0, 0.05) is 12.1 Å². The zero-order chi connectivity index (χ0) is 21.5. The van der Waals surface area contributed by atoms with Crippen LogP contribution in [0.15, 0.2) is 54.6 Å². The lowest BCUT2D eigenvalue weighted by Gasteiger charge is -2.12. The number of allylic oxidation sites excluding steroid dienone is 1. The molecule has 0 aliphatic carbocycles. The standard InChI is InChI=1S/C22H21FN2O5/c23-18-9-7-15(8-10-18)17(4-2-6-20(26)25-11-12-29-22(25)28)14-30-21(27)16-3-1-5-19(24)13-16/h1,3-5,7-10,13H,2,6,11-12,14,24H2/b17-4+. The highest BCUT2D eigenvalue weighted by atomic mass is 19.1. The second kappa shape index (κ2) is 9.69. The Morgan fingerprint density at radius 3 is 2.60 bits per heavy atom. The largest absolute Gasteiger partial charge is 0.457 e. The molecule has 156 valence electrons. The predicted octanol–water partition coefficient (Wildman–Crippen LogP) is 3.41. The van der Waals surface area contributed by atoms with E-state index in [2.05, 4.69) is 0 Å². The first-order chi connectivity index (χ1) is 14.4. The Hall–Kier alpha value is -3.68. The zero-order valence-corrected chi connectivity index (χ0v) is 16.2. The summed E-state index contributed by atoms with van der Waals surface area (Å²) in [5, 5.41) is 0. The summed E-state index contributed by atoms with van der Waals surface area (Å²) in [6, 6.07) is 12.1. The van der Waals surface area contributed by atoms with Crippen LogP contribution >= 0.6 is 0 Å². The van der Waals surface area contributed by atoms with Gasteiger partial charge >= 0.3 is 12.1 Å². The fourth-order valence-corrected chi connectivity index (χ4v) is 2.94. The number of carbonyl (C=O) groups excluding carboxylic acids is 3. The Morgan fingerprint density at radius 2 is 1.93 bits per heavy atom. The van der Waals surface area contributed by atoms with Crippen LogP contribution in [-0.4, -0.2) is 42.6 Å². The van der Waals surface area contributed by atoms with Crippen molar-refractivity contribution in [1.82, 2.24) is 4.90 Å². The maximum atomic E-state index is 13.3. The first-order valence-corrected chi connectivity index (χ1v) is 9.39. The number of anilines is 1. The van der Waals surface area contributed by atoms with E-state index in [9.17, 15) is 18.8 Å². The van der Waals surface area contributed by atoms with Gasteiger partial charge < -0.3 is 15.2 Å². The molecular formula is C22H21FN2O5. The number of amides is 2. The van der Waals surface area contributed by atoms with Crippen molar-refractivity contribution >= 4 is 29.2 Å².